The van der Waals surface area contributed by atoms with Gasteiger partial charge in [-0.2, -0.15) is 0 Å². The molecule has 1 rings (SSSR count). The SMILES string of the molecule is CCc1sc(C(=O)NC(C)C(C)C)cc1C. The Bertz CT molecular complexity index is 368. The minimum atomic E-state index is 0.0639. The normalized spacial score (nSPS) is 12.9. The summed E-state index contributed by atoms with van der Waals surface area (Å²) < 4.78 is 0. The van der Waals surface area contributed by atoms with Gasteiger partial charge in [0.05, 0.1) is 4.88 Å². The van der Waals surface area contributed by atoms with Crippen molar-refractivity contribution in [2.24, 2.45) is 5.92 Å². The summed E-state index contributed by atoms with van der Waals surface area (Å²) in [7, 11) is 0. The van der Waals surface area contributed by atoms with Gasteiger partial charge in [0.25, 0.3) is 5.91 Å². The van der Waals surface area contributed by atoms with Crippen LogP contribution in [-0.4, -0.2) is 11.9 Å². The molecule has 1 N–H and O–H groups in total. The van der Waals surface area contributed by atoms with E-state index in [0.717, 1.165) is 11.3 Å². The molecule has 0 saturated carbocycles. The predicted molar refractivity (Wildman–Crippen MR) is 70.2 cm³/mol. The van der Waals surface area contributed by atoms with Crippen LogP contribution in [0.15, 0.2) is 6.07 Å². The largest absolute Gasteiger partial charge is 0.349 e. The van der Waals surface area contributed by atoms with Crippen molar-refractivity contribution in [3.8, 4) is 0 Å². The predicted octanol–water partition coefficient (Wildman–Crippen LogP) is 3.39. The lowest BCUT2D eigenvalue weighted by atomic mass is 10.1. The molecule has 0 radical (unpaired) electrons. The van der Waals surface area contributed by atoms with Crippen molar-refractivity contribution in [1.82, 2.24) is 5.32 Å². The molecule has 1 amide bonds. The third kappa shape index (κ3) is 3.08. The Hall–Kier alpha value is -0.830. The fourth-order valence-corrected chi connectivity index (χ4v) is 2.44. The van der Waals surface area contributed by atoms with Crippen molar-refractivity contribution in [1.29, 1.82) is 0 Å². The van der Waals surface area contributed by atoms with Crippen molar-refractivity contribution >= 4 is 17.2 Å². The zero-order chi connectivity index (χ0) is 12.3. The van der Waals surface area contributed by atoms with Crippen LogP contribution in [0.2, 0.25) is 0 Å². The number of rotatable bonds is 4. The van der Waals surface area contributed by atoms with Crippen molar-refractivity contribution < 1.29 is 4.79 Å². The van der Waals surface area contributed by atoms with E-state index in [1.54, 1.807) is 11.3 Å². The van der Waals surface area contributed by atoms with E-state index in [0.29, 0.717) is 5.92 Å². The molecular weight excluding hydrogens is 218 g/mol. The number of hydrogen-bond donors (Lipinski definition) is 1. The molecule has 1 atom stereocenters. The number of aryl methyl sites for hydroxylation is 2. The van der Waals surface area contributed by atoms with Gasteiger partial charge in [-0.05, 0) is 37.8 Å². The van der Waals surface area contributed by atoms with Crippen molar-refractivity contribution in [3.63, 3.8) is 0 Å². The first-order valence-corrected chi connectivity index (χ1v) is 6.67. The second-order valence-corrected chi connectivity index (χ2v) is 5.71. The maximum absolute atomic E-state index is 11.9. The zero-order valence-electron chi connectivity index (χ0n) is 10.8. The summed E-state index contributed by atoms with van der Waals surface area (Å²) in [5, 5.41) is 3.03. The molecule has 3 heteroatoms. The highest BCUT2D eigenvalue weighted by Gasteiger charge is 2.15. The summed E-state index contributed by atoms with van der Waals surface area (Å²) in [5.41, 5.74) is 1.23. The Morgan fingerprint density at radius 3 is 2.50 bits per heavy atom. The fourth-order valence-electron chi connectivity index (χ4n) is 1.43. The third-order valence-corrected chi connectivity index (χ3v) is 4.30. The van der Waals surface area contributed by atoms with Crippen molar-refractivity contribution in [3.05, 3.63) is 21.4 Å². The van der Waals surface area contributed by atoms with E-state index in [9.17, 15) is 4.79 Å². The molecule has 1 heterocycles. The van der Waals surface area contributed by atoms with Crippen LogP contribution in [0.25, 0.3) is 0 Å². The zero-order valence-corrected chi connectivity index (χ0v) is 11.6. The Balaban J connectivity index is 2.73. The van der Waals surface area contributed by atoms with E-state index in [1.165, 1.54) is 10.4 Å². The summed E-state index contributed by atoms with van der Waals surface area (Å²) in [5.74, 6) is 0.532. The second kappa shape index (κ2) is 5.48. The number of thiophene rings is 1. The Labute approximate surface area is 102 Å². The molecular formula is C13H21NOS. The van der Waals surface area contributed by atoms with E-state index >= 15 is 0 Å². The molecule has 0 aromatic carbocycles. The lowest BCUT2D eigenvalue weighted by molar-refractivity contribution is 0.0934. The van der Waals surface area contributed by atoms with Crippen LogP contribution < -0.4 is 5.32 Å². The molecule has 1 unspecified atom stereocenters. The first-order valence-electron chi connectivity index (χ1n) is 5.85. The van der Waals surface area contributed by atoms with Crippen LogP contribution in [0.3, 0.4) is 0 Å². The summed E-state index contributed by atoms with van der Waals surface area (Å²) in [6.07, 6.45) is 1.00. The van der Waals surface area contributed by atoms with Gasteiger partial charge < -0.3 is 5.32 Å². The lowest BCUT2D eigenvalue weighted by Crippen LogP contribution is -2.35. The van der Waals surface area contributed by atoms with E-state index in [2.05, 4.69) is 33.0 Å². The van der Waals surface area contributed by atoms with Crippen LogP contribution >= 0.6 is 11.3 Å². The first-order chi connectivity index (χ1) is 7.45. The van der Waals surface area contributed by atoms with E-state index in [-0.39, 0.29) is 11.9 Å². The highest BCUT2D eigenvalue weighted by Crippen LogP contribution is 2.22. The topological polar surface area (TPSA) is 29.1 Å². The van der Waals surface area contributed by atoms with Gasteiger partial charge >= 0.3 is 0 Å². The van der Waals surface area contributed by atoms with Crippen LogP contribution in [0, 0.1) is 12.8 Å². The molecule has 0 aliphatic heterocycles. The minimum absolute atomic E-state index is 0.0639. The van der Waals surface area contributed by atoms with E-state index in [4.69, 9.17) is 0 Å². The monoisotopic (exact) mass is 239 g/mol. The minimum Gasteiger partial charge on any atom is -0.349 e. The molecule has 0 aliphatic rings. The molecule has 0 spiro atoms. The lowest BCUT2D eigenvalue weighted by Gasteiger charge is -2.16. The number of carbonyl (C=O) groups is 1. The summed E-state index contributed by atoms with van der Waals surface area (Å²) in [4.78, 5) is 14.1. The molecule has 0 fully saturated rings. The number of carbonyl (C=O) groups excluding carboxylic acids is 1. The van der Waals surface area contributed by atoms with Crippen LogP contribution in [0.4, 0.5) is 0 Å². The van der Waals surface area contributed by atoms with Crippen molar-refractivity contribution in [2.75, 3.05) is 0 Å². The van der Waals surface area contributed by atoms with Gasteiger partial charge in [0.1, 0.15) is 0 Å². The first kappa shape index (κ1) is 13.2. The number of amides is 1. The van der Waals surface area contributed by atoms with Gasteiger partial charge in [-0.3, -0.25) is 4.79 Å². The van der Waals surface area contributed by atoms with Gasteiger partial charge in [-0.1, -0.05) is 20.8 Å². The summed E-state index contributed by atoms with van der Waals surface area (Å²) >= 11 is 1.61. The quantitative estimate of drug-likeness (QED) is 0.857. The molecule has 2 nitrogen and oxygen atoms in total. The van der Waals surface area contributed by atoms with Crippen LogP contribution in [0.5, 0.6) is 0 Å². The Morgan fingerprint density at radius 2 is 2.06 bits per heavy atom. The van der Waals surface area contributed by atoms with Crippen LogP contribution in [0.1, 0.15) is 47.8 Å². The van der Waals surface area contributed by atoms with Gasteiger partial charge in [0, 0.05) is 10.9 Å². The molecule has 1 aromatic heterocycles. The van der Waals surface area contributed by atoms with Crippen LogP contribution in [-0.2, 0) is 6.42 Å². The molecule has 16 heavy (non-hydrogen) atoms. The van der Waals surface area contributed by atoms with Gasteiger partial charge in [0.2, 0.25) is 0 Å². The maximum atomic E-state index is 11.9. The average Bonchev–Trinajstić information content (AvgIpc) is 2.59. The number of nitrogens with one attached hydrogen (secondary N) is 1. The number of hydrogen-bond acceptors (Lipinski definition) is 2. The van der Waals surface area contributed by atoms with E-state index < -0.39 is 0 Å². The van der Waals surface area contributed by atoms with Gasteiger partial charge in [-0.25, -0.2) is 0 Å². The molecule has 0 saturated heterocycles. The Kier molecular flexibility index (Phi) is 4.54. The summed E-state index contributed by atoms with van der Waals surface area (Å²) in [6, 6.07) is 2.21. The standard InChI is InChI=1S/C13H21NOS/c1-6-11-9(4)7-12(16-11)13(15)14-10(5)8(2)3/h7-8,10H,6H2,1-5H3,(H,14,15). The average molecular weight is 239 g/mol. The van der Waals surface area contributed by atoms with Gasteiger partial charge in [0.15, 0.2) is 0 Å². The molecule has 0 bridgehead atoms. The summed E-state index contributed by atoms with van der Waals surface area (Å²) in [6.45, 7) is 10.5. The highest BCUT2D eigenvalue weighted by molar-refractivity contribution is 7.14. The highest BCUT2D eigenvalue weighted by atomic mass is 32.1. The molecule has 90 valence electrons. The van der Waals surface area contributed by atoms with Crippen molar-refractivity contribution in [2.45, 2.75) is 47.1 Å². The third-order valence-electron chi connectivity index (χ3n) is 2.92. The Morgan fingerprint density at radius 1 is 1.44 bits per heavy atom. The smallest absolute Gasteiger partial charge is 0.261 e. The second-order valence-electron chi connectivity index (χ2n) is 4.58. The molecule has 1 aromatic rings. The fraction of sp³-hybridized carbons (Fsp3) is 0.615. The molecule has 0 aliphatic carbocycles. The van der Waals surface area contributed by atoms with E-state index in [1.807, 2.05) is 13.0 Å². The van der Waals surface area contributed by atoms with Gasteiger partial charge in [-0.15, -0.1) is 11.3 Å². The maximum Gasteiger partial charge on any atom is 0.261 e.